The van der Waals surface area contributed by atoms with Crippen molar-refractivity contribution in [2.45, 2.75) is 6.92 Å². The van der Waals surface area contributed by atoms with Crippen molar-refractivity contribution in [1.29, 1.82) is 10.5 Å². The third kappa shape index (κ3) is 7.99. The van der Waals surface area contributed by atoms with Gasteiger partial charge in [0.25, 0.3) is 0 Å². The van der Waals surface area contributed by atoms with Crippen LogP contribution in [0.3, 0.4) is 0 Å². The summed E-state index contributed by atoms with van der Waals surface area (Å²) in [6.45, 7) is 17.7. The normalized spacial score (nSPS) is 11.1. The molecular weight excluding hydrogens is 943 g/mol. The molecule has 3 aromatic heterocycles. The summed E-state index contributed by atoms with van der Waals surface area (Å²) in [6, 6.07) is 77.7. The van der Waals surface area contributed by atoms with E-state index in [1.807, 2.05) is 84.9 Å². The summed E-state index contributed by atoms with van der Waals surface area (Å²) in [6.07, 6.45) is 0. The Morgan fingerprint density at radius 2 is 0.792 bits per heavy atom. The largest absolute Gasteiger partial charge is 0.309 e. The van der Waals surface area contributed by atoms with Crippen LogP contribution in [-0.4, -0.2) is 24.1 Å². The van der Waals surface area contributed by atoms with Crippen molar-refractivity contribution >= 4 is 55.0 Å². The van der Waals surface area contributed by atoms with Gasteiger partial charge in [-0.05, 0) is 114 Å². The van der Waals surface area contributed by atoms with Crippen LogP contribution < -0.4 is 0 Å². The van der Waals surface area contributed by atoms with Crippen LogP contribution in [0, 0.1) is 42.7 Å². The lowest BCUT2D eigenvalue weighted by Crippen LogP contribution is -2.04. The summed E-state index contributed by atoms with van der Waals surface area (Å²) in [5.41, 5.74) is 16.5. The molecule has 356 valence electrons. The van der Waals surface area contributed by atoms with Gasteiger partial charge in [-0.2, -0.15) is 10.5 Å². The van der Waals surface area contributed by atoms with Crippen LogP contribution in [0.1, 0.15) is 16.7 Å². The topological polar surface area (TPSA) is 105 Å². The highest BCUT2D eigenvalue weighted by Gasteiger charge is 2.23. The van der Waals surface area contributed by atoms with Gasteiger partial charge in [-0.15, -0.1) is 0 Å². The van der Waals surface area contributed by atoms with Gasteiger partial charge in [-0.1, -0.05) is 139 Å². The van der Waals surface area contributed by atoms with E-state index in [9.17, 15) is 10.5 Å². The van der Waals surface area contributed by atoms with Gasteiger partial charge in [-0.3, -0.25) is 0 Å². The molecule has 0 aliphatic rings. The van der Waals surface area contributed by atoms with Gasteiger partial charge in [0.1, 0.15) is 0 Å². The lowest BCUT2D eigenvalue weighted by atomic mass is 9.96. The molecule has 13 aromatic rings. The Kier molecular flexibility index (Phi) is 11.1. The fraction of sp³-hybridized carbons (Fsp3) is 0.0147. The molecule has 9 heteroatoms. The highest BCUT2D eigenvalue weighted by molar-refractivity contribution is 6.13. The first-order valence-corrected chi connectivity index (χ1v) is 24.9. The number of hydrogen-bond acceptors (Lipinski definition) is 5. The second-order valence-corrected chi connectivity index (χ2v) is 18.9. The molecule has 0 atom stereocenters. The van der Waals surface area contributed by atoms with Gasteiger partial charge in [0.15, 0.2) is 28.8 Å². The van der Waals surface area contributed by atoms with Gasteiger partial charge in [0.05, 0.1) is 69.9 Å². The van der Waals surface area contributed by atoms with Gasteiger partial charge < -0.3 is 9.13 Å². The number of aryl methyl sites for hydroxylation is 1. The van der Waals surface area contributed by atoms with Gasteiger partial charge in [0, 0.05) is 49.4 Å². The molecule has 0 N–H and O–H groups in total. The number of para-hydroxylation sites is 2. The molecule has 0 bridgehead atoms. The summed E-state index contributed by atoms with van der Waals surface area (Å²) >= 11 is 0. The Labute approximate surface area is 443 Å². The molecule has 3 heterocycles. The molecule has 77 heavy (non-hydrogen) atoms. The van der Waals surface area contributed by atoms with Gasteiger partial charge >= 0.3 is 0 Å². The minimum atomic E-state index is 0.419. The third-order valence-corrected chi connectivity index (χ3v) is 14.2. The van der Waals surface area contributed by atoms with Crippen molar-refractivity contribution < 1.29 is 0 Å². The lowest BCUT2D eigenvalue weighted by molar-refractivity contribution is 1.07. The van der Waals surface area contributed by atoms with Crippen molar-refractivity contribution in [3.8, 4) is 91.1 Å². The minimum Gasteiger partial charge on any atom is -0.309 e. The van der Waals surface area contributed by atoms with Crippen molar-refractivity contribution in [2.24, 2.45) is 0 Å². The van der Waals surface area contributed by atoms with Crippen LogP contribution in [0.5, 0.6) is 0 Å². The predicted molar refractivity (Wildman–Crippen MR) is 308 cm³/mol. The number of hydrogen-bond donors (Lipinski definition) is 0. The number of benzene rings is 10. The monoisotopic (exact) mass is 981 g/mol. The number of fused-ring (bicyclic) bond motifs is 6. The average molecular weight is 982 g/mol. The van der Waals surface area contributed by atoms with E-state index in [-0.39, 0.29) is 0 Å². The molecule has 0 aliphatic heterocycles. The number of nitriles is 2. The van der Waals surface area contributed by atoms with Crippen LogP contribution in [0.2, 0.25) is 0 Å². The summed E-state index contributed by atoms with van der Waals surface area (Å²) in [4.78, 5) is 22.8. The molecule has 0 radical (unpaired) electrons. The zero-order valence-electron chi connectivity index (χ0n) is 41.3. The maximum absolute atomic E-state index is 9.89. The first-order valence-electron chi connectivity index (χ1n) is 24.9. The Bertz CT molecular complexity index is 4630. The van der Waals surface area contributed by atoms with Crippen molar-refractivity contribution in [1.82, 2.24) is 24.1 Å². The van der Waals surface area contributed by atoms with Crippen LogP contribution in [0.25, 0.3) is 132 Å². The number of aromatic nitrogens is 5. The fourth-order valence-corrected chi connectivity index (χ4v) is 10.7. The van der Waals surface area contributed by atoms with Crippen LogP contribution >= 0.6 is 0 Å². The van der Waals surface area contributed by atoms with E-state index < -0.39 is 0 Å². The smallest absolute Gasteiger partial charge is 0.177 e. The van der Waals surface area contributed by atoms with E-state index in [2.05, 4.69) is 159 Å². The molecule has 10 aromatic carbocycles. The molecule has 0 amide bonds. The van der Waals surface area contributed by atoms with Crippen molar-refractivity contribution in [3.05, 3.63) is 258 Å². The quantitative estimate of drug-likeness (QED) is 0.141. The zero-order valence-corrected chi connectivity index (χ0v) is 41.3. The summed E-state index contributed by atoms with van der Waals surface area (Å²) < 4.78 is 4.67. The van der Waals surface area contributed by atoms with E-state index in [1.54, 1.807) is 12.1 Å². The molecule has 0 aliphatic carbocycles. The van der Waals surface area contributed by atoms with E-state index in [1.165, 1.54) is 0 Å². The molecule has 0 spiro atoms. The summed E-state index contributed by atoms with van der Waals surface area (Å²) in [7, 11) is 0. The summed E-state index contributed by atoms with van der Waals surface area (Å²) in [5, 5.41) is 23.9. The second-order valence-electron chi connectivity index (χ2n) is 18.9. The van der Waals surface area contributed by atoms with E-state index >= 15 is 0 Å². The first kappa shape index (κ1) is 45.6. The molecule has 0 saturated heterocycles. The Morgan fingerprint density at radius 1 is 0.364 bits per heavy atom. The standard InChI is InChI=1S/C68H39N9/c1-42-22-26-62(76-60-20-12-10-18-54(60)57-36-47(23-27-63(57)76)50-32-43(40-69)31-44(33-50)41-70)56(30-42)59-38-49(68-74-66(45-14-6-4-7-15-45)73-67(75-68)46-16-8-5-9-17-46)25-29-65(59)77-61-21-13-11-19-55(61)58-37-48(24-28-64(58)77)51-34-52(71-2)39-53(35-51)72-3/h4-39H,1H3. The zero-order chi connectivity index (χ0) is 52.1. The molecular formula is C68H39N9. The van der Waals surface area contributed by atoms with Crippen molar-refractivity contribution in [2.75, 3.05) is 0 Å². The van der Waals surface area contributed by atoms with Gasteiger partial charge in [-0.25, -0.2) is 24.6 Å². The first-order chi connectivity index (χ1) is 37.9. The summed E-state index contributed by atoms with van der Waals surface area (Å²) in [5.74, 6) is 1.65. The maximum atomic E-state index is 9.89. The molecule has 0 fully saturated rings. The Morgan fingerprint density at radius 3 is 1.30 bits per heavy atom. The SMILES string of the molecule is [C-]#[N+]c1cc([N+]#[C-])cc(-c2ccc3c(c2)c2ccccc2n3-c2ccc(-c3nc(-c4ccccc4)nc(-c4ccccc4)n3)cc2-c2cc(C)ccc2-n2c3ccccc3c3cc(-c4cc(C#N)cc(C#N)c4)ccc32)c1. The molecule has 0 unspecified atom stereocenters. The van der Waals surface area contributed by atoms with Crippen molar-refractivity contribution in [3.63, 3.8) is 0 Å². The molecule has 9 nitrogen and oxygen atoms in total. The number of nitrogens with zero attached hydrogens (tertiary/aromatic N) is 9. The van der Waals surface area contributed by atoms with Gasteiger partial charge in [0.2, 0.25) is 0 Å². The highest BCUT2D eigenvalue weighted by atomic mass is 15.0. The number of rotatable bonds is 8. The van der Waals surface area contributed by atoms with Crippen LogP contribution in [0.4, 0.5) is 11.4 Å². The maximum Gasteiger partial charge on any atom is 0.177 e. The fourth-order valence-electron chi connectivity index (χ4n) is 10.7. The minimum absolute atomic E-state index is 0.419. The Hall–Kier alpha value is -11.2. The predicted octanol–water partition coefficient (Wildman–Crippen LogP) is 17.2. The Balaban J connectivity index is 1.09. The highest BCUT2D eigenvalue weighted by Crippen LogP contribution is 2.44. The van der Waals surface area contributed by atoms with E-state index in [4.69, 9.17) is 28.1 Å². The van der Waals surface area contributed by atoms with E-state index in [0.717, 1.165) is 111 Å². The molecule has 13 rings (SSSR count). The van der Waals surface area contributed by atoms with Crippen LogP contribution in [-0.2, 0) is 0 Å². The lowest BCUT2D eigenvalue weighted by Gasteiger charge is -2.20. The third-order valence-electron chi connectivity index (χ3n) is 14.2. The second kappa shape index (κ2) is 18.7. The van der Waals surface area contributed by atoms with Crippen LogP contribution in [0.15, 0.2) is 218 Å². The molecule has 0 saturated carbocycles. The average Bonchev–Trinajstić information content (AvgIpc) is 4.20. The van der Waals surface area contributed by atoms with E-state index in [0.29, 0.717) is 40.0 Å².